The fourth-order valence-electron chi connectivity index (χ4n) is 6.71. The fourth-order valence-corrected chi connectivity index (χ4v) is 6.71. The minimum atomic E-state index is -0.619. The molecule has 3 nitrogen and oxygen atoms in total. The van der Waals surface area contributed by atoms with E-state index in [1.54, 1.807) is 5.57 Å². The van der Waals surface area contributed by atoms with Gasteiger partial charge in [0.2, 0.25) is 0 Å². The molecule has 180 valence electrons. The zero-order chi connectivity index (χ0) is 23.5. The molecule has 0 aromatic rings. The number of rotatable bonds is 7. The number of fused-ring (bicyclic) bond motifs is 1. The fraction of sp³-hybridized carbons (Fsp3) is 0.724. The minimum Gasteiger partial charge on any atom is -0.393 e. The van der Waals surface area contributed by atoms with Gasteiger partial charge in [-0.05, 0) is 106 Å². The third-order valence-corrected chi connectivity index (χ3v) is 8.54. The van der Waals surface area contributed by atoms with Crippen molar-refractivity contribution in [3.8, 4) is 0 Å². The third-order valence-electron chi connectivity index (χ3n) is 8.54. The summed E-state index contributed by atoms with van der Waals surface area (Å²) in [6.45, 7) is 12.7. The van der Waals surface area contributed by atoms with E-state index in [2.05, 4.69) is 44.7 Å². The van der Waals surface area contributed by atoms with E-state index >= 15 is 0 Å². The quantitative estimate of drug-likeness (QED) is 0.322. The zero-order valence-electron chi connectivity index (χ0n) is 20.8. The van der Waals surface area contributed by atoms with Gasteiger partial charge in [-0.1, -0.05) is 50.3 Å². The van der Waals surface area contributed by atoms with E-state index in [4.69, 9.17) is 0 Å². The van der Waals surface area contributed by atoms with E-state index in [0.29, 0.717) is 36.0 Å². The average molecular weight is 443 g/mol. The summed E-state index contributed by atoms with van der Waals surface area (Å²) in [4.78, 5) is 0. The van der Waals surface area contributed by atoms with Gasteiger partial charge in [0, 0.05) is 6.42 Å². The van der Waals surface area contributed by atoms with Gasteiger partial charge in [0.1, 0.15) is 0 Å². The first-order valence-electron chi connectivity index (χ1n) is 12.8. The molecule has 3 fully saturated rings. The van der Waals surface area contributed by atoms with Gasteiger partial charge in [0.15, 0.2) is 0 Å². The summed E-state index contributed by atoms with van der Waals surface area (Å²) in [6, 6.07) is 0. The van der Waals surface area contributed by atoms with Crippen molar-refractivity contribution in [2.24, 2.45) is 23.2 Å². The Labute approximate surface area is 196 Å². The molecule has 3 N–H and O–H groups in total. The van der Waals surface area contributed by atoms with Gasteiger partial charge in [-0.25, -0.2) is 0 Å². The highest BCUT2D eigenvalue weighted by Crippen LogP contribution is 2.59. The number of unbranched alkanes of at least 4 members (excludes halogenated alkanes) is 1. The van der Waals surface area contributed by atoms with Crippen LogP contribution >= 0.6 is 0 Å². The van der Waals surface area contributed by atoms with Gasteiger partial charge in [-0.15, -0.1) is 0 Å². The van der Waals surface area contributed by atoms with Gasteiger partial charge in [-0.2, -0.15) is 0 Å². The molecule has 0 bridgehead atoms. The molecule has 0 saturated heterocycles. The second-order valence-electron chi connectivity index (χ2n) is 11.7. The second-order valence-corrected chi connectivity index (χ2v) is 11.7. The van der Waals surface area contributed by atoms with E-state index < -0.39 is 17.8 Å². The Morgan fingerprint density at radius 3 is 2.69 bits per heavy atom. The molecule has 0 unspecified atom stereocenters. The standard InChI is InChI=1S/C29H46O3/c1-20(10-7-6-8-16-28(3,4)32)25-14-15-26-22(11-9-17-29(25,26)5)12-13-23-18-24(30)19-27(31)21(23)2/h7,10,12-13,20,24-27,30-32H,2,6,8-9,11,14-19H2,1,3-5H3/b10-7-,22-12+,23-13-/t20-,24-,25-,26+,27+,29-/m1/s1. The Morgan fingerprint density at radius 1 is 1.22 bits per heavy atom. The largest absolute Gasteiger partial charge is 0.393 e. The zero-order valence-corrected chi connectivity index (χ0v) is 20.8. The van der Waals surface area contributed by atoms with Gasteiger partial charge in [-0.3, -0.25) is 0 Å². The van der Waals surface area contributed by atoms with E-state index in [9.17, 15) is 15.3 Å². The smallest absolute Gasteiger partial charge is 0.0811 e. The Kier molecular flexibility index (Phi) is 8.28. The van der Waals surface area contributed by atoms with Crippen LogP contribution in [0.3, 0.4) is 0 Å². The summed E-state index contributed by atoms with van der Waals surface area (Å²) >= 11 is 0. The molecular formula is C29H46O3. The second kappa shape index (κ2) is 10.4. The van der Waals surface area contributed by atoms with Gasteiger partial charge >= 0.3 is 0 Å². The van der Waals surface area contributed by atoms with E-state index in [-0.39, 0.29) is 0 Å². The van der Waals surface area contributed by atoms with E-state index in [0.717, 1.165) is 36.8 Å². The molecule has 0 spiro atoms. The highest BCUT2D eigenvalue weighted by Gasteiger charge is 2.50. The van der Waals surface area contributed by atoms with Gasteiger partial charge in [0.05, 0.1) is 17.8 Å². The van der Waals surface area contributed by atoms with Crippen molar-refractivity contribution in [3.05, 3.63) is 47.6 Å². The minimum absolute atomic E-state index is 0.349. The van der Waals surface area contributed by atoms with Crippen molar-refractivity contribution in [1.82, 2.24) is 0 Å². The number of hydrogen-bond donors (Lipinski definition) is 3. The predicted octanol–water partition coefficient (Wildman–Crippen LogP) is 6.26. The first-order chi connectivity index (χ1) is 15.0. The first-order valence-corrected chi connectivity index (χ1v) is 12.8. The highest BCUT2D eigenvalue weighted by molar-refractivity contribution is 5.38. The summed E-state index contributed by atoms with van der Waals surface area (Å²) in [7, 11) is 0. The molecule has 6 atom stereocenters. The maximum atomic E-state index is 10.1. The van der Waals surface area contributed by atoms with Gasteiger partial charge < -0.3 is 15.3 Å². The van der Waals surface area contributed by atoms with Crippen LogP contribution in [0.5, 0.6) is 0 Å². The molecule has 0 aromatic heterocycles. The van der Waals surface area contributed by atoms with Crippen LogP contribution in [0.25, 0.3) is 0 Å². The number of hydrogen-bond acceptors (Lipinski definition) is 3. The molecule has 0 aromatic carbocycles. The van der Waals surface area contributed by atoms with Crippen molar-refractivity contribution < 1.29 is 15.3 Å². The summed E-state index contributed by atoms with van der Waals surface area (Å²) in [6.07, 6.45) is 18.3. The summed E-state index contributed by atoms with van der Waals surface area (Å²) < 4.78 is 0. The maximum absolute atomic E-state index is 10.1. The molecule has 3 aliphatic rings. The summed E-state index contributed by atoms with van der Waals surface area (Å²) in [5.74, 6) is 1.92. The van der Waals surface area contributed by atoms with Crippen LogP contribution in [0.15, 0.2) is 47.6 Å². The summed E-state index contributed by atoms with van der Waals surface area (Å²) in [5, 5.41) is 30.1. The highest BCUT2D eigenvalue weighted by atomic mass is 16.3. The Morgan fingerprint density at radius 2 is 1.97 bits per heavy atom. The Hall–Kier alpha value is -1.16. The molecular weight excluding hydrogens is 396 g/mol. The molecule has 3 saturated carbocycles. The topological polar surface area (TPSA) is 60.7 Å². The molecule has 3 heteroatoms. The third kappa shape index (κ3) is 6.04. The summed E-state index contributed by atoms with van der Waals surface area (Å²) in [5.41, 5.74) is 3.12. The van der Waals surface area contributed by atoms with Crippen molar-refractivity contribution in [3.63, 3.8) is 0 Å². The lowest BCUT2D eigenvalue weighted by atomic mass is 9.61. The van der Waals surface area contributed by atoms with Crippen LogP contribution in [0.4, 0.5) is 0 Å². The molecule has 0 radical (unpaired) electrons. The maximum Gasteiger partial charge on any atom is 0.0811 e. The van der Waals surface area contributed by atoms with Crippen LogP contribution in [0.1, 0.15) is 91.9 Å². The van der Waals surface area contributed by atoms with Gasteiger partial charge in [0.25, 0.3) is 0 Å². The lowest BCUT2D eigenvalue weighted by Gasteiger charge is -2.44. The van der Waals surface area contributed by atoms with Crippen molar-refractivity contribution in [2.75, 3.05) is 0 Å². The van der Waals surface area contributed by atoms with E-state index in [1.165, 1.54) is 25.7 Å². The van der Waals surface area contributed by atoms with Crippen LogP contribution in [-0.2, 0) is 0 Å². The predicted molar refractivity (Wildman–Crippen MR) is 133 cm³/mol. The molecule has 0 heterocycles. The monoisotopic (exact) mass is 442 g/mol. The number of allylic oxidation sites excluding steroid dienone is 5. The lowest BCUT2D eigenvalue weighted by molar-refractivity contribution is 0.0691. The normalized spacial score (nSPS) is 37.4. The molecule has 3 rings (SSSR count). The lowest BCUT2D eigenvalue weighted by Crippen LogP contribution is -2.35. The van der Waals surface area contributed by atoms with Crippen LogP contribution in [-0.4, -0.2) is 33.1 Å². The van der Waals surface area contributed by atoms with Crippen LogP contribution in [0, 0.1) is 23.2 Å². The van der Waals surface area contributed by atoms with Crippen molar-refractivity contribution >= 4 is 0 Å². The molecule has 32 heavy (non-hydrogen) atoms. The number of aliphatic hydroxyl groups is 3. The van der Waals surface area contributed by atoms with Crippen LogP contribution < -0.4 is 0 Å². The van der Waals surface area contributed by atoms with Crippen molar-refractivity contribution in [1.29, 1.82) is 0 Å². The first kappa shape index (κ1) is 25.5. The Bertz CT molecular complexity index is 753. The van der Waals surface area contributed by atoms with Crippen molar-refractivity contribution in [2.45, 2.75) is 110 Å². The molecule has 0 aliphatic heterocycles. The average Bonchev–Trinajstić information content (AvgIpc) is 3.06. The molecule has 3 aliphatic carbocycles. The molecule has 0 amide bonds. The van der Waals surface area contributed by atoms with E-state index in [1.807, 2.05) is 13.8 Å². The Balaban J connectivity index is 1.66. The SMILES string of the molecule is C=C1/C(=C\C=C2/CCC[C@]3(C)[C@@H]([C@H](C)/C=C\CCCC(C)(C)O)CC[C@@H]23)C[C@@H](O)C[C@@H]1O. The number of aliphatic hydroxyl groups excluding tert-OH is 2. The van der Waals surface area contributed by atoms with Crippen LogP contribution in [0.2, 0.25) is 0 Å².